The molecule has 10 rings (SSSR count). The number of aromatic nitrogens is 1. The molecule has 16 nitrogen and oxygen atoms in total. The maximum atomic E-state index is 15.7. The first kappa shape index (κ1) is 51.7. The number of carbonyl (C=O) groups excluding carboxylic acids is 6. The van der Waals surface area contributed by atoms with Gasteiger partial charge in [0.1, 0.15) is 48.6 Å². The van der Waals surface area contributed by atoms with Gasteiger partial charge in [-0.3, -0.25) is 28.8 Å². The molecule has 3 saturated heterocycles. The number of aromatic amines is 1. The zero-order chi connectivity index (χ0) is 52.4. The Labute approximate surface area is 442 Å². The number of morpholine rings is 1. The molecule has 4 aliphatic heterocycles. The van der Waals surface area contributed by atoms with Crippen LogP contribution < -0.4 is 31.3 Å². The van der Waals surface area contributed by atoms with Gasteiger partial charge in [0.05, 0.1) is 13.2 Å². The first-order chi connectivity index (χ1) is 37.1. The quantitative estimate of drug-likeness (QED) is 0.101. The van der Waals surface area contributed by atoms with Gasteiger partial charge < -0.3 is 50.8 Å². The lowest BCUT2D eigenvalue weighted by molar-refractivity contribution is -0.157. The maximum Gasteiger partial charge on any atom is 0.246 e. The molecular weight excluding hydrogens is 961 g/mol. The average molecular weight is 1030 g/mol. The summed E-state index contributed by atoms with van der Waals surface area (Å²) < 4.78 is 12.0. The SMILES string of the molecule is O=C1N[C@@H](Cc2ccc(OCc3ccccc3)cc2)C(=O)N2Cc3ccccc3C[C@H]2C(=O)N2CCOC[C@H]2C(=O)N[C@H](CCc2ccccc2)C(=O)N[C@H](Cc2c[nH]c3ccccc23)C(=O)NC1CC1CCNCC1. The number of nitrogens with zero attached hydrogens (tertiary/aromatic N) is 2. The van der Waals surface area contributed by atoms with E-state index < -0.39 is 71.7 Å². The van der Waals surface area contributed by atoms with E-state index in [9.17, 15) is 9.59 Å². The highest BCUT2D eigenvalue weighted by atomic mass is 16.5. The Bertz CT molecular complexity index is 3000. The number of aryl methyl sites for hydroxylation is 1. The molecule has 0 aliphatic carbocycles. The molecular formula is C60H66N8O8. The van der Waals surface area contributed by atoms with E-state index in [-0.39, 0.29) is 64.3 Å². The number of piperidine rings is 1. The molecule has 0 spiro atoms. The first-order valence-corrected chi connectivity index (χ1v) is 26.7. The van der Waals surface area contributed by atoms with Crippen molar-refractivity contribution >= 4 is 46.3 Å². The number of nitrogens with one attached hydrogen (secondary N) is 6. The highest BCUT2D eigenvalue weighted by Gasteiger charge is 2.45. The van der Waals surface area contributed by atoms with E-state index in [4.69, 9.17) is 9.47 Å². The van der Waals surface area contributed by atoms with Gasteiger partial charge in [-0.05, 0) is 103 Å². The standard InChI is InChI=1S/C60H66N8O8/c69-55-49(24-21-39-11-3-1-4-12-39)63-58(72)54-38-75-30-29-67(54)60(74)53-34-43-15-7-8-16-44(43)36-68(53)59(73)52(32-40-19-22-46(23-20-40)76-37-42-13-5-2-6-14-42)66-56(70)50(31-41-25-27-61-28-26-41)64-57(71)51(65-55)33-45-35-62-48-18-10-9-17-47(45)48/h1-20,22-23,35,41,49-54,61-62H,21,24-34,36-38H2,(H,63,72)(H,64,71)(H,65,69)(H,66,70)/t49-,50?,51-,52+,53+,54+/m1/s1. The van der Waals surface area contributed by atoms with Crippen LogP contribution in [0, 0.1) is 5.92 Å². The summed E-state index contributed by atoms with van der Waals surface area (Å²) in [6, 6.07) is 35.2. The number of amides is 6. The lowest BCUT2D eigenvalue weighted by atomic mass is 9.89. The molecule has 1 aromatic heterocycles. The summed E-state index contributed by atoms with van der Waals surface area (Å²) >= 11 is 0. The fraction of sp³-hybridized carbons (Fsp3) is 0.367. The van der Waals surface area contributed by atoms with Crippen LogP contribution in [-0.2, 0) is 72.3 Å². The minimum Gasteiger partial charge on any atom is -0.489 e. The summed E-state index contributed by atoms with van der Waals surface area (Å²) in [6.45, 7) is 1.97. The molecule has 6 aromatic rings. The van der Waals surface area contributed by atoms with Gasteiger partial charge >= 0.3 is 0 Å². The van der Waals surface area contributed by atoms with E-state index in [1.807, 2.05) is 140 Å². The van der Waals surface area contributed by atoms with Gasteiger partial charge in [-0.25, -0.2) is 0 Å². The van der Waals surface area contributed by atoms with Crippen molar-refractivity contribution in [2.75, 3.05) is 32.8 Å². The molecule has 1 unspecified atom stereocenters. The summed E-state index contributed by atoms with van der Waals surface area (Å²) in [5.41, 5.74) is 6.02. The molecule has 6 N–H and O–H groups in total. The Morgan fingerprint density at radius 2 is 1.21 bits per heavy atom. The van der Waals surface area contributed by atoms with Crippen molar-refractivity contribution in [3.05, 3.63) is 173 Å². The van der Waals surface area contributed by atoms with Gasteiger partial charge in [0.15, 0.2) is 0 Å². The zero-order valence-corrected chi connectivity index (χ0v) is 42.6. The van der Waals surface area contributed by atoms with E-state index in [1.54, 1.807) is 0 Å². The van der Waals surface area contributed by atoms with Gasteiger partial charge in [-0.2, -0.15) is 0 Å². The van der Waals surface area contributed by atoms with Crippen molar-refractivity contribution in [3.63, 3.8) is 0 Å². The number of fused-ring (bicyclic) bond motifs is 4. The van der Waals surface area contributed by atoms with E-state index in [1.165, 1.54) is 9.80 Å². The monoisotopic (exact) mass is 1030 g/mol. The number of para-hydroxylation sites is 1. The zero-order valence-electron chi connectivity index (χ0n) is 42.6. The smallest absolute Gasteiger partial charge is 0.246 e. The van der Waals surface area contributed by atoms with Crippen molar-refractivity contribution in [1.82, 2.24) is 41.4 Å². The van der Waals surface area contributed by atoms with Crippen molar-refractivity contribution in [2.45, 2.75) is 101 Å². The van der Waals surface area contributed by atoms with Crippen LogP contribution in [-0.4, -0.2) is 119 Å². The molecule has 0 radical (unpaired) electrons. The number of ether oxygens (including phenoxy) is 2. The number of rotatable bonds is 12. The molecule has 0 saturated carbocycles. The fourth-order valence-electron chi connectivity index (χ4n) is 11.1. The van der Waals surface area contributed by atoms with Crippen LogP contribution in [0.3, 0.4) is 0 Å². The molecule has 16 heteroatoms. The molecule has 3 fully saturated rings. The molecule has 5 aromatic carbocycles. The van der Waals surface area contributed by atoms with E-state index in [0.717, 1.165) is 70.2 Å². The lowest BCUT2D eigenvalue weighted by Crippen LogP contribution is -2.65. The third-order valence-corrected chi connectivity index (χ3v) is 15.3. The second-order valence-corrected chi connectivity index (χ2v) is 20.5. The van der Waals surface area contributed by atoms with Crippen molar-refractivity contribution < 1.29 is 38.2 Å². The van der Waals surface area contributed by atoms with Gasteiger partial charge in [0.25, 0.3) is 0 Å². The number of carbonyl (C=O) groups is 6. The molecule has 76 heavy (non-hydrogen) atoms. The third kappa shape index (κ3) is 12.5. The summed E-state index contributed by atoms with van der Waals surface area (Å²) in [5.74, 6) is -2.62. The summed E-state index contributed by atoms with van der Waals surface area (Å²) in [4.78, 5) is 97.4. The van der Waals surface area contributed by atoms with Crippen molar-refractivity contribution in [3.8, 4) is 5.75 Å². The van der Waals surface area contributed by atoms with Gasteiger partial charge in [-0.15, -0.1) is 0 Å². The molecule has 6 atom stereocenters. The average Bonchev–Trinajstić information content (AvgIpc) is 3.89. The third-order valence-electron chi connectivity index (χ3n) is 15.3. The fourth-order valence-corrected chi connectivity index (χ4v) is 11.1. The van der Waals surface area contributed by atoms with Crippen LogP contribution in [0.5, 0.6) is 5.75 Å². The Hall–Kier alpha value is -7.82. The van der Waals surface area contributed by atoms with Crippen LogP contribution in [0.1, 0.15) is 59.1 Å². The lowest BCUT2D eigenvalue weighted by Gasteiger charge is -2.43. The minimum atomic E-state index is -1.21. The van der Waals surface area contributed by atoms with Crippen LogP contribution in [0.2, 0.25) is 0 Å². The second-order valence-electron chi connectivity index (χ2n) is 20.5. The van der Waals surface area contributed by atoms with E-state index in [0.29, 0.717) is 18.8 Å². The second kappa shape index (κ2) is 24.2. The normalized spacial score (nSPS) is 23.2. The topological polar surface area (TPSA) is 203 Å². The summed E-state index contributed by atoms with van der Waals surface area (Å²) in [5, 5.41) is 16.4. The molecule has 0 bridgehead atoms. The number of hydrogen-bond donors (Lipinski definition) is 6. The minimum absolute atomic E-state index is 0.0445. The Balaban J connectivity index is 1.03. The molecule has 5 heterocycles. The Kier molecular flexibility index (Phi) is 16.5. The highest BCUT2D eigenvalue weighted by molar-refractivity contribution is 5.99. The number of hydrogen-bond acceptors (Lipinski definition) is 9. The first-order valence-electron chi connectivity index (χ1n) is 26.7. The van der Waals surface area contributed by atoms with Crippen LogP contribution in [0.25, 0.3) is 10.9 Å². The molecule has 6 amide bonds. The van der Waals surface area contributed by atoms with Crippen molar-refractivity contribution in [2.24, 2.45) is 5.92 Å². The van der Waals surface area contributed by atoms with Gasteiger partial charge in [0, 0.05) is 49.5 Å². The van der Waals surface area contributed by atoms with E-state index >= 15 is 19.2 Å². The van der Waals surface area contributed by atoms with Crippen LogP contribution in [0.15, 0.2) is 140 Å². The summed E-state index contributed by atoms with van der Waals surface area (Å²) in [7, 11) is 0. The molecule has 394 valence electrons. The number of H-pyrrole nitrogens is 1. The predicted molar refractivity (Wildman–Crippen MR) is 286 cm³/mol. The van der Waals surface area contributed by atoms with Gasteiger partial charge in [0.2, 0.25) is 35.4 Å². The Morgan fingerprint density at radius 3 is 1.99 bits per heavy atom. The Morgan fingerprint density at radius 1 is 0.566 bits per heavy atom. The highest BCUT2D eigenvalue weighted by Crippen LogP contribution is 2.29. The van der Waals surface area contributed by atoms with Gasteiger partial charge in [-0.1, -0.05) is 115 Å². The molecule has 4 aliphatic rings. The van der Waals surface area contributed by atoms with Crippen LogP contribution in [0.4, 0.5) is 0 Å². The largest absolute Gasteiger partial charge is 0.489 e. The number of benzene rings is 5. The predicted octanol–water partition coefficient (Wildman–Crippen LogP) is 4.69. The van der Waals surface area contributed by atoms with E-state index in [2.05, 4.69) is 31.6 Å². The maximum absolute atomic E-state index is 15.7. The summed E-state index contributed by atoms with van der Waals surface area (Å²) in [6.07, 6.45) is 4.43. The van der Waals surface area contributed by atoms with Crippen LogP contribution >= 0.6 is 0 Å². The van der Waals surface area contributed by atoms with Crippen molar-refractivity contribution in [1.29, 1.82) is 0 Å².